The van der Waals surface area contributed by atoms with Gasteiger partial charge in [-0.25, -0.2) is 4.98 Å². The van der Waals surface area contributed by atoms with Gasteiger partial charge in [0, 0.05) is 29.9 Å². The fourth-order valence-corrected chi connectivity index (χ4v) is 4.98. The minimum absolute atomic E-state index is 0.305. The molecule has 34 heavy (non-hydrogen) atoms. The summed E-state index contributed by atoms with van der Waals surface area (Å²) in [6, 6.07) is 20.8. The summed E-state index contributed by atoms with van der Waals surface area (Å²) in [5.74, 6) is 2.02. The molecule has 2 aliphatic carbocycles. The lowest BCUT2D eigenvalue weighted by molar-refractivity contribution is 0.297. The van der Waals surface area contributed by atoms with Crippen LogP contribution in [0.2, 0.25) is 0 Å². The third kappa shape index (κ3) is 3.81. The molecule has 2 aliphatic rings. The van der Waals surface area contributed by atoms with Gasteiger partial charge in [0.1, 0.15) is 5.82 Å². The van der Waals surface area contributed by atoms with E-state index in [9.17, 15) is 0 Å². The topological polar surface area (TPSA) is 50.7 Å². The van der Waals surface area contributed by atoms with E-state index in [0.29, 0.717) is 18.2 Å². The summed E-state index contributed by atoms with van der Waals surface area (Å²) in [7, 11) is 1.85. The highest BCUT2D eigenvalue weighted by molar-refractivity contribution is 5.57. The number of anilines is 1. The molecule has 2 atom stereocenters. The molecule has 0 fully saturated rings. The van der Waals surface area contributed by atoms with Gasteiger partial charge in [0.25, 0.3) is 0 Å². The Hall–Kier alpha value is -4.05. The van der Waals surface area contributed by atoms with E-state index in [1.54, 1.807) is 0 Å². The number of hydrogen-bond donors (Lipinski definition) is 1. The van der Waals surface area contributed by atoms with E-state index in [1.807, 2.05) is 37.4 Å². The highest BCUT2D eigenvalue weighted by Crippen LogP contribution is 2.55. The molecule has 0 radical (unpaired) electrons. The lowest BCUT2D eigenvalue weighted by Gasteiger charge is -2.43. The number of benzene rings is 2. The van der Waals surface area contributed by atoms with Crippen LogP contribution < -0.4 is 5.32 Å². The molecule has 168 valence electrons. The first-order chi connectivity index (χ1) is 16.6. The predicted molar refractivity (Wildman–Crippen MR) is 139 cm³/mol. The summed E-state index contributed by atoms with van der Waals surface area (Å²) in [5, 5.41) is 3.12. The van der Waals surface area contributed by atoms with E-state index in [4.69, 9.17) is 9.97 Å². The van der Waals surface area contributed by atoms with E-state index < -0.39 is 0 Å². The van der Waals surface area contributed by atoms with Gasteiger partial charge in [0.05, 0.1) is 0 Å². The summed E-state index contributed by atoms with van der Waals surface area (Å²) < 4.78 is 0. The van der Waals surface area contributed by atoms with Crippen LogP contribution in [0.3, 0.4) is 0 Å². The van der Waals surface area contributed by atoms with E-state index in [1.165, 1.54) is 11.1 Å². The molecule has 0 aliphatic heterocycles. The van der Waals surface area contributed by atoms with Crippen molar-refractivity contribution in [3.05, 3.63) is 132 Å². The van der Waals surface area contributed by atoms with Crippen molar-refractivity contribution in [2.45, 2.75) is 18.8 Å². The predicted octanol–water partition coefficient (Wildman–Crippen LogP) is 6.25. The van der Waals surface area contributed by atoms with Crippen LogP contribution in [-0.4, -0.2) is 22.0 Å². The first-order valence-corrected chi connectivity index (χ1v) is 11.6. The Kier molecular flexibility index (Phi) is 5.81. The fraction of sp³-hybridized carbons (Fsp3) is 0.167. The molecule has 2 unspecified atom stereocenters. The molecular weight excluding hydrogens is 416 g/mol. The third-order valence-electron chi connectivity index (χ3n) is 6.86. The zero-order chi connectivity index (χ0) is 23.4. The zero-order valence-corrected chi connectivity index (χ0v) is 19.5. The Balaban J connectivity index is 1.67. The molecule has 0 spiro atoms. The molecular formula is C30H28N4. The van der Waals surface area contributed by atoms with Gasteiger partial charge in [-0.3, -0.25) is 0 Å². The lowest BCUT2D eigenvalue weighted by Crippen LogP contribution is -2.41. The van der Waals surface area contributed by atoms with Crippen LogP contribution in [0.15, 0.2) is 121 Å². The molecule has 0 saturated carbocycles. The molecule has 2 bridgehead atoms. The second-order valence-electron chi connectivity index (χ2n) is 8.84. The van der Waals surface area contributed by atoms with Crippen molar-refractivity contribution in [1.29, 1.82) is 0 Å². The van der Waals surface area contributed by atoms with E-state index in [-0.39, 0.29) is 10.8 Å². The SMILES string of the molecule is CNc1nc(CC2(C)\C3=C/C=C\C=C\C=C/C2(c2ccccc2)C=C3)nc(-c2ccccc2)n1. The molecule has 1 N–H and O–H groups in total. The number of aromatic nitrogens is 3. The molecule has 1 heterocycles. The summed E-state index contributed by atoms with van der Waals surface area (Å²) in [6.45, 7) is 2.32. The molecule has 0 saturated heterocycles. The van der Waals surface area contributed by atoms with Crippen molar-refractivity contribution in [2.75, 3.05) is 12.4 Å². The van der Waals surface area contributed by atoms with Gasteiger partial charge < -0.3 is 5.32 Å². The second-order valence-corrected chi connectivity index (χ2v) is 8.84. The molecule has 0 amide bonds. The number of fused-ring (bicyclic) bond motifs is 2. The Morgan fingerprint density at radius 2 is 1.47 bits per heavy atom. The van der Waals surface area contributed by atoms with Crippen molar-refractivity contribution in [3.8, 4) is 11.4 Å². The lowest BCUT2D eigenvalue weighted by atomic mass is 9.59. The van der Waals surface area contributed by atoms with Gasteiger partial charge in [0.15, 0.2) is 5.82 Å². The van der Waals surface area contributed by atoms with Gasteiger partial charge in [-0.15, -0.1) is 0 Å². The average molecular weight is 445 g/mol. The van der Waals surface area contributed by atoms with Crippen molar-refractivity contribution < 1.29 is 0 Å². The summed E-state index contributed by atoms with van der Waals surface area (Å²) in [4.78, 5) is 14.4. The number of rotatable bonds is 5. The molecule has 4 nitrogen and oxygen atoms in total. The highest BCUT2D eigenvalue weighted by Gasteiger charge is 2.51. The normalized spacial score (nSPS) is 27.4. The number of hydrogen-bond acceptors (Lipinski definition) is 4. The van der Waals surface area contributed by atoms with Crippen LogP contribution in [-0.2, 0) is 11.8 Å². The quantitative estimate of drug-likeness (QED) is 0.506. The maximum atomic E-state index is 4.94. The highest BCUT2D eigenvalue weighted by atomic mass is 15.1. The first kappa shape index (κ1) is 21.8. The van der Waals surface area contributed by atoms with Crippen molar-refractivity contribution in [1.82, 2.24) is 15.0 Å². The Bertz CT molecular complexity index is 1320. The Morgan fingerprint density at radius 1 is 0.765 bits per heavy atom. The van der Waals surface area contributed by atoms with E-state index >= 15 is 0 Å². The minimum atomic E-state index is -0.338. The first-order valence-electron chi connectivity index (χ1n) is 11.6. The third-order valence-corrected chi connectivity index (χ3v) is 6.86. The minimum Gasteiger partial charge on any atom is -0.357 e. The van der Waals surface area contributed by atoms with E-state index in [2.05, 4.69) is 102 Å². The monoisotopic (exact) mass is 444 g/mol. The van der Waals surface area contributed by atoms with E-state index in [0.717, 1.165) is 11.4 Å². The number of nitrogens with one attached hydrogen (secondary N) is 1. The fourth-order valence-electron chi connectivity index (χ4n) is 4.98. The molecule has 5 rings (SSSR count). The van der Waals surface area contributed by atoms with Crippen LogP contribution in [0.4, 0.5) is 5.95 Å². The van der Waals surface area contributed by atoms with Gasteiger partial charge in [-0.2, -0.15) is 9.97 Å². The summed E-state index contributed by atoms with van der Waals surface area (Å²) in [6.07, 6.45) is 20.2. The molecule has 1 aromatic heterocycles. The summed E-state index contributed by atoms with van der Waals surface area (Å²) in [5.41, 5.74) is 2.83. The summed E-state index contributed by atoms with van der Waals surface area (Å²) >= 11 is 0. The van der Waals surface area contributed by atoms with Crippen molar-refractivity contribution in [3.63, 3.8) is 0 Å². The maximum Gasteiger partial charge on any atom is 0.226 e. The smallest absolute Gasteiger partial charge is 0.226 e. The van der Waals surface area contributed by atoms with Gasteiger partial charge >= 0.3 is 0 Å². The average Bonchev–Trinajstić information content (AvgIpc) is 3.12. The van der Waals surface area contributed by atoms with Gasteiger partial charge in [-0.1, -0.05) is 122 Å². The second kappa shape index (κ2) is 9.06. The maximum absolute atomic E-state index is 4.94. The standard InChI is InChI=1S/C30H28N4/c1-29(22-26-32-27(34-28(31-2)33-26)23-14-8-6-9-15-23)24-16-10-4-3-5-13-20-30(29,21-19-24)25-17-11-7-12-18-25/h3-21H,22H2,1-2H3,(H,31,32,33,34)/b5-3+,10-4-,20-13-,24-16-. The van der Waals surface area contributed by atoms with Crippen LogP contribution in [0.5, 0.6) is 0 Å². The largest absolute Gasteiger partial charge is 0.357 e. The van der Waals surface area contributed by atoms with Gasteiger partial charge in [0.2, 0.25) is 5.95 Å². The van der Waals surface area contributed by atoms with Crippen LogP contribution in [0.25, 0.3) is 11.4 Å². The Labute approximate surface area is 201 Å². The number of allylic oxidation sites excluding steroid dienone is 10. The van der Waals surface area contributed by atoms with Gasteiger partial charge in [-0.05, 0) is 11.1 Å². The Morgan fingerprint density at radius 3 is 2.24 bits per heavy atom. The number of nitrogens with zero attached hydrogens (tertiary/aromatic N) is 3. The zero-order valence-electron chi connectivity index (χ0n) is 19.5. The van der Waals surface area contributed by atoms with Crippen LogP contribution in [0.1, 0.15) is 18.3 Å². The van der Waals surface area contributed by atoms with Crippen molar-refractivity contribution >= 4 is 5.95 Å². The van der Waals surface area contributed by atoms with Crippen LogP contribution >= 0.6 is 0 Å². The van der Waals surface area contributed by atoms with Crippen molar-refractivity contribution in [2.24, 2.45) is 5.41 Å². The molecule has 2 aromatic carbocycles. The van der Waals surface area contributed by atoms with Crippen LogP contribution in [0, 0.1) is 5.41 Å². The molecule has 3 aromatic rings. The molecule has 4 heteroatoms.